The zero-order valence-electron chi connectivity index (χ0n) is 8.21. The molecule has 1 aliphatic carbocycles. The minimum absolute atomic E-state index is 0.775. The van der Waals surface area contributed by atoms with Gasteiger partial charge in [-0.2, -0.15) is 0 Å². The molecule has 2 rings (SSSR count). The molecule has 0 aromatic heterocycles. The molecule has 1 saturated carbocycles. The van der Waals surface area contributed by atoms with E-state index in [9.17, 15) is 0 Å². The summed E-state index contributed by atoms with van der Waals surface area (Å²) in [6.07, 6.45) is 5.70. The van der Waals surface area contributed by atoms with Gasteiger partial charge >= 0.3 is 0 Å². The average Bonchev–Trinajstić information content (AvgIpc) is 2.80. The lowest BCUT2D eigenvalue weighted by atomic mass is 10.0. The average molecular weight is 168 g/mol. The summed E-state index contributed by atoms with van der Waals surface area (Å²) >= 11 is 0. The van der Waals surface area contributed by atoms with Crippen molar-refractivity contribution in [2.45, 2.75) is 37.8 Å². The maximum atomic E-state index is 3.49. The van der Waals surface area contributed by atoms with Crippen LogP contribution in [0.4, 0.5) is 0 Å². The van der Waals surface area contributed by atoms with Crippen LogP contribution in [0.3, 0.4) is 0 Å². The number of nitrogens with one attached hydrogen (secondary N) is 1. The van der Waals surface area contributed by atoms with E-state index in [4.69, 9.17) is 0 Å². The van der Waals surface area contributed by atoms with E-state index in [-0.39, 0.29) is 0 Å². The topological polar surface area (TPSA) is 15.3 Å². The van der Waals surface area contributed by atoms with Crippen molar-refractivity contribution < 1.29 is 0 Å². The highest BCUT2D eigenvalue weighted by molar-refractivity contribution is 4.96. The van der Waals surface area contributed by atoms with E-state index >= 15 is 0 Å². The van der Waals surface area contributed by atoms with Crippen molar-refractivity contribution in [2.24, 2.45) is 5.92 Å². The first-order chi connectivity index (χ1) is 5.83. The molecular formula is C10H20N2. The summed E-state index contributed by atoms with van der Waals surface area (Å²) < 4.78 is 0. The van der Waals surface area contributed by atoms with Crippen molar-refractivity contribution in [2.75, 3.05) is 20.6 Å². The van der Waals surface area contributed by atoms with Crippen molar-refractivity contribution in [1.29, 1.82) is 0 Å². The molecule has 0 bridgehead atoms. The summed E-state index contributed by atoms with van der Waals surface area (Å²) in [4.78, 5) is 2.53. The van der Waals surface area contributed by atoms with E-state index in [2.05, 4.69) is 24.3 Å². The molecule has 0 radical (unpaired) electrons. The SMILES string of the molecule is CNC(C1CC1)C1CCCN1C. The second kappa shape index (κ2) is 3.35. The van der Waals surface area contributed by atoms with Gasteiger partial charge in [0, 0.05) is 12.1 Å². The van der Waals surface area contributed by atoms with Crippen LogP contribution in [0.25, 0.3) is 0 Å². The monoisotopic (exact) mass is 168 g/mol. The lowest BCUT2D eigenvalue weighted by Gasteiger charge is -2.28. The largest absolute Gasteiger partial charge is 0.315 e. The molecule has 12 heavy (non-hydrogen) atoms. The number of likely N-dealkylation sites (N-methyl/N-ethyl adjacent to an activating group) is 2. The van der Waals surface area contributed by atoms with Crippen molar-refractivity contribution in [3.05, 3.63) is 0 Å². The van der Waals surface area contributed by atoms with Crippen LogP contribution in [0.5, 0.6) is 0 Å². The fourth-order valence-corrected chi connectivity index (χ4v) is 2.59. The normalized spacial score (nSPS) is 34.0. The smallest absolute Gasteiger partial charge is 0.0249 e. The van der Waals surface area contributed by atoms with E-state index in [1.807, 2.05) is 0 Å². The minimum atomic E-state index is 0.775. The molecule has 0 spiro atoms. The molecule has 70 valence electrons. The van der Waals surface area contributed by atoms with E-state index < -0.39 is 0 Å². The highest BCUT2D eigenvalue weighted by Gasteiger charge is 2.38. The molecule has 2 unspecified atom stereocenters. The highest BCUT2D eigenvalue weighted by atomic mass is 15.2. The van der Waals surface area contributed by atoms with Crippen LogP contribution in [-0.4, -0.2) is 37.6 Å². The molecule has 1 heterocycles. The molecular weight excluding hydrogens is 148 g/mol. The molecule has 2 nitrogen and oxygen atoms in total. The Bertz CT molecular complexity index is 154. The van der Waals surface area contributed by atoms with E-state index in [0.717, 1.165) is 18.0 Å². The van der Waals surface area contributed by atoms with Crippen LogP contribution >= 0.6 is 0 Å². The molecule has 0 aromatic rings. The lowest BCUT2D eigenvalue weighted by Crippen LogP contribution is -2.45. The van der Waals surface area contributed by atoms with Gasteiger partial charge in [-0.05, 0) is 52.2 Å². The Morgan fingerprint density at radius 2 is 2.08 bits per heavy atom. The summed E-state index contributed by atoms with van der Waals surface area (Å²) in [5.41, 5.74) is 0. The van der Waals surface area contributed by atoms with Crippen LogP contribution in [0.2, 0.25) is 0 Å². The molecule has 2 aliphatic rings. The third kappa shape index (κ3) is 1.50. The van der Waals surface area contributed by atoms with Gasteiger partial charge in [-0.3, -0.25) is 0 Å². The van der Waals surface area contributed by atoms with Gasteiger partial charge in [-0.1, -0.05) is 0 Å². The van der Waals surface area contributed by atoms with Crippen LogP contribution in [-0.2, 0) is 0 Å². The van der Waals surface area contributed by atoms with E-state index in [0.29, 0.717) is 0 Å². The molecule has 2 fully saturated rings. The minimum Gasteiger partial charge on any atom is -0.315 e. The Labute approximate surface area is 75.3 Å². The summed E-state index contributed by atoms with van der Waals surface area (Å²) in [5.74, 6) is 0.987. The molecule has 1 N–H and O–H groups in total. The van der Waals surface area contributed by atoms with E-state index in [1.165, 1.54) is 32.2 Å². The van der Waals surface area contributed by atoms with Gasteiger partial charge in [0.05, 0.1) is 0 Å². The molecule has 0 amide bonds. The Morgan fingerprint density at radius 3 is 2.50 bits per heavy atom. The van der Waals surface area contributed by atoms with Crippen molar-refractivity contribution in [1.82, 2.24) is 10.2 Å². The Balaban J connectivity index is 1.94. The van der Waals surface area contributed by atoms with E-state index in [1.54, 1.807) is 0 Å². The number of nitrogens with zero attached hydrogens (tertiary/aromatic N) is 1. The van der Waals surface area contributed by atoms with Crippen LogP contribution < -0.4 is 5.32 Å². The quantitative estimate of drug-likeness (QED) is 0.678. The zero-order chi connectivity index (χ0) is 8.55. The second-order valence-electron chi connectivity index (χ2n) is 4.34. The van der Waals surface area contributed by atoms with Crippen LogP contribution in [0, 0.1) is 5.92 Å². The van der Waals surface area contributed by atoms with Gasteiger partial charge in [0.2, 0.25) is 0 Å². The molecule has 1 saturated heterocycles. The summed E-state index contributed by atoms with van der Waals surface area (Å²) in [7, 11) is 4.39. The predicted octanol–water partition coefficient (Wildman–Crippen LogP) is 1.08. The Hall–Kier alpha value is -0.0800. The fourth-order valence-electron chi connectivity index (χ4n) is 2.59. The van der Waals surface area contributed by atoms with Crippen LogP contribution in [0.15, 0.2) is 0 Å². The molecule has 0 aromatic carbocycles. The van der Waals surface area contributed by atoms with Crippen molar-refractivity contribution in [3.8, 4) is 0 Å². The standard InChI is InChI=1S/C10H20N2/c1-11-10(8-5-6-8)9-4-3-7-12(9)2/h8-11H,3-7H2,1-2H3. The zero-order valence-corrected chi connectivity index (χ0v) is 8.21. The van der Waals surface area contributed by atoms with Gasteiger partial charge in [0.15, 0.2) is 0 Å². The van der Waals surface area contributed by atoms with Gasteiger partial charge in [0.25, 0.3) is 0 Å². The van der Waals surface area contributed by atoms with Crippen molar-refractivity contribution >= 4 is 0 Å². The third-order valence-corrected chi connectivity index (χ3v) is 3.45. The van der Waals surface area contributed by atoms with Gasteiger partial charge in [-0.15, -0.1) is 0 Å². The maximum Gasteiger partial charge on any atom is 0.0249 e. The Kier molecular flexibility index (Phi) is 2.37. The Morgan fingerprint density at radius 1 is 1.33 bits per heavy atom. The first-order valence-corrected chi connectivity index (χ1v) is 5.20. The number of likely N-dealkylation sites (tertiary alicyclic amines) is 1. The number of hydrogen-bond donors (Lipinski definition) is 1. The summed E-state index contributed by atoms with van der Waals surface area (Å²) in [6.45, 7) is 1.30. The third-order valence-electron chi connectivity index (χ3n) is 3.45. The predicted molar refractivity (Wildman–Crippen MR) is 51.2 cm³/mol. The highest BCUT2D eigenvalue weighted by Crippen LogP contribution is 2.37. The number of hydrogen-bond acceptors (Lipinski definition) is 2. The van der Waals surface area contributed by atoms with Crippen molar-refractivity contribution in [3.63, 3.8) is 0 Å². The molecule has 2 heteroatoms. The van der Waals surface area contributed by atoms with Gasteiger partial charge in [0.1, 0.15) is 0 Å². The number of rotatable bonds is 3. The summed E-state index contributed by atoms with van der Waals surface area (Å²) in [6, 6.07) is 1.60. The first kappa shape index (κ1) is 8.52. The fraction of sp³-hybridized carbons (Fsp3) is 1.00. The van der Waals surface area contributed by atoms with Gasteiger partial charge in [-0.25, -0.2) is 0 Å². The molecule has 2 atom stereocenters. The second-order valence-corrected chi connectivity index (χ2v) is 4.34. The first-order valence-electron chi connectivity index (χ1n) is 5.20. The van der Waals surface area contributed by atoms with Gasteiger partial charge < -0.3 is 10.2 Å². The summed E-state index contributed by atoms with van der Waals surface area (Å²) in [5, 5.41) is 3.49. The maximum absolute atomic E-state index is 3.49. The molecule has 1 aliphatic heterocycles. The lowest BCUT2D eigenvalue weighted by molar-refractivity contribution is 0.235. The van der Waals surface area contributed by atoms with Crippen LogP contribution in [0.1, 0.15) is 25.7 Å².